The molecule has 140 valence electrons. The first-order chi connectivity index (χ1) is 12.5. The van der Waals surface area contributed by atoms with Gasteiger partial charge in [-0.1, -0.05) is 54.6 Å². The summed E-state index contributed by atoms with van der Waals surface area (Å²) in [6.07, 6.45) is 1.74. The molecule has 0 spiro atoms. The van der Waals surface area contributed by atoms with E-state index in [0.29, 0.717) is 9.78 Å². The predicted molar refractivity (Wildman–Crippen MR) is 118 cm³/mol. The fourth-order valence-electron chi connectivity index (χ4n) is 1.79. The van der Waals surface area contributed by atoms with Crippen LogP contribution in [0.5, 0.6) is 0 Å². The number of nitrogens with one attached hydrogen (secondary N) is 1. The van der Waals surface area contributed by atoms with E-state index in [4.69, 9.17) is 0 Å². The Bertz CT molecular complexity index is 772. The van der Waals surface area contributed by atoms with Crippen LogP contribution < -0.4 is 5.32 Å². The van der Waals surface area contributed by atoms with Crippen LogP contribution >= 0.6 is 39.0 Å². The third-order valence-corrected chi connectivity index (χ3v) is 5.25. The number of halogens is 1. The first kappa shape index (κ1) is 24.2. The van der Waals surface area contributed by atoms with Crippen molar-refractivity contribution in [1.29, 1.82) is 0 Å². The molecule has 1 aromatic carbocycles. The number of amides is 1. The van der Waals surface area contributed by atoms with Crippen LogP contribution in [0.3, 0.4) is 0 Å². The van der Waals surface area contributed by atoms with Crippen molar-refractivity contribution in [3.8, 4) is 10.4 Å². The van der Waals surface area contributed by atoms with Gasteiger partial charge in [-0.15, -0.1) is 36.3 Å². The van der Waals surface area contributed by atoms with E-state index in [1.807, 2.05) is 38.1 Å². The number of hydrogen-bond donors (Lipinski definition) is 2. The third-order valence-electron chi connectivity index (χ3n) is 2.87. The molecule has 0 bridgehead atoms. The Morgan fingerprint density at radius 1 is 1.23 bits per heavy atom. The molecule has 0 aliphatic carbocycles. The fraction of sp³-hybridized carbons (Fsp3) is 0.158. The Morgan fingerprint density at radius 2 is 1.81 bits per heavy atom. The maximum Gasteiger partial charge on any atom is 0.339 e. The zero-order valence-corrected chi connectivity index (χ0v) is 18.2. The number of carbonyl (C=O) groups is 2. The van der Waals surface area contributed by atoms with Gasteiger partial charge in [0.1, 0.15) is 5.56 Å². The largest absolute Gasteiger partial charge is 0.478 e. The standard InChI is InChI=1S/C15H12BrNO3S2.C2H6.C2H4/c1-8(21-2)14(18)17-11-7-22-13(12(11)15(19)20)9-5-3-4-6-10(9)16;2*1-2/h3-7H,1H2,2H3,(H,17,18)(H,19,20);1-2H3;1-2H2. The molecule has 0 aliphatic rings. The summed E-state index contributed by atoms with van der Waals surface area (Å²) in [5.41, 5.74) is 1.14. The lowest BCUT2D eigenvalue weighted by Crippen LogP contribution is -2.14. The van der Waals surface area contributed by atoms with Crippen molar-refractivity contribution in [2.75, 3.05) is 11.6 Å². The average molecular weight is 456 g/mol. The smallest absolute Gasteiger partial charge is 0.339 e. The maximum atomic E-state index is 11.9. The molecular formula is C19H22BrNO3S2. The van der Waals surface area contributed by atoms with Gasteiger partial charge in [0.2, 0.25) is 0 Å². The van der Waals surface area contributed by atoms with E-state index in [-0.39, 0.29) is 11.3 Å². The van der Waals surface area contributed by atoms with Crippen LogP contribution in [0.15, 0.2) is 58.8 Å². The lowest BCUT2D eigenvalue weighted by molar-refractivity contribution is -0.112. The summed E-state index contributed by atoms with van der Waals surface area (Å²) < 4.78 is 0.797. The van der Waals surface area contributed by atoms with Crippen LogP contribution in [0.1, 0.15) is 24.2 Å². The van der Waals surface area contributed by atoms with Crippen LogP contribution in [0.4, 0.5) is 5.69 Å². The topological polar surface area (TPSA) is 66.4 Å². The van der Waals surface area contributed by atoms with E-state index >= 15 is 0 Å². The summed E-state index contributed by atoms with van der Waals surface area (Å²) in [4.78, 5) is 24.4. The lowest BCUT2D eigenvalue weighted by atomic mass is 10.1. The highest BCUT2D eigenvalue weighted by Gasteiger charge is 2.22. The van der Waals surface area contributed by atoms with Crippen LogP contribution in [0.25, 0.3) is 10.4 Å². The van der Waals surface area contributed by atoms with Crippen molar-refractivity contribution in [3.63, 3.8) is 0 Å². The minimum absolute atomic E-state index is 0.0825. The maximum absolute atomic E-state index is 11.9. The highest BCUT2D eigenvalue weighted by Crippen LogP contribution is 2.39. The second kappa shape index (κ2) is 12.5. The number of anilines is 1. The summed E-state index contributed by atoms with van der Waals surface area (Å²) in [5.74, 6) is -1.48. The van der Waals surface area contributed by atoms with Crippen molar-refractivity contribution in [1.82, 2.24) is 0 Å². The Kier molecular flexibility index (Phi) is 11.6. The van der Waals surface area contributed by atoms with Crippen LogP contribution in [0, 0.1) is 0 Å². The third kappa shape index (κ3) is 6.16. The van der Waals surface area contributed by atoms with Gasteiger partial charge in [0, 0.05) is 15.4 Å². The summed E-state index contributed by atoms with van der Waals surface area (Å²) in [7, 11) is 0. The first-order valence-corrected chi connectivity index (χ1v) is 10.5. The molecule has 1 aromatic heterocycles. The van der Waals surface area contributed by atoms with Crippen molar-refractivity contribution in [2.45, 2.75) is 13.8 Å². The van der Waals surface area contributed by atoms with Gasteiger partial charge < -0.3 is 10.4 Å². The predicted octanol–water partition coefficient (Wildman–Crippen LogP) is 6.52. The molecule has 0 fully saturated rings. The number of thioether (sulfide) groups is 1. The number of rotatable bonds is 5. The molecular weight excluding hydrogens is 434 g/mol. The highest BCUT2D eigenvalue weighted by atomic mass is 79.9. The molecule has 2 aromatic rings. The van der Waals surface area contributed by atoms with E-state index in [1.54, 1.807) is 11.6 Å². The Labute approximate surface area is 171 Å². The summed E-state index contributed by atoms with van der Waals surface area (Å²) in [6.45, 7) is 13.6. The van der Waals surface area contributed by atoms with Crippen molar-refractivity contribution in [2.24, 2.45) is 0 Å². The van der Waals surface area contributed by atoms with Crippen LogP contribution in [-0.4, -0.2) is 23.2 Å². The average Bonchev–Trinajstić information content (AvgIpc) is 3.08. The van der Waals surface area contributed by atoms with Crippen molar-refractivity contribution < 1.29 is 14.7 Å². The summed E-state index contributed by atoms with van der Waals surface area (Å²) >= 11 is 5.90. The molecule has 4 nitrogen and oxygen atoms in total. The first-order valence-electron chi connectivity index (χ1n) is 7.59. The van der Waals surface area contributed by atoms with E-state index in [0.717, 1.165) is 10.0 Å². The summed E-state index contributed by atoms with van der Waals surface area (Å²) in [5, 5.41) is 13.7. The zero-order valence-electron chi connectivity index (χ0n) is 15.0. The van der Waals surface area contributed by atoms with E-state index < -0.39 is 11.9 Å². The molecule has 0 radical (unpaired) electrons. The number of benzene rings is 1. The van der Waals surface area contributed by atoms with E-state index in [1.165, 1.54) is 23.1 Å². The Morgan fingerprint density at radius 3 is 2.31 bits per heavy atom. The Balaban J connectivity index is 0.00000146. The molecule has 7 heteroatoms. The van der Waals surface area contributed by atoms with Gasteiger partial charge in [-0.25, -0.2) is 4.79 Å². The monoisotopic (exact) mass is 455 g/mol. The molecule has 1 amide bonds. The number of carboxylic acid groups (broad SMARTS) is 1. The van der Waals surface area contributed by atoms with Crippen LogP contribution in [0.2, 0.25) is 0 Å². The number of carbonyl (C=O) groups excluding carboxylic acids is 1. The van der Waals surface area contributed by atoms with Gasteiger partial charge in [-0.2, -0.15) is 0 Å². The molecule has 0 saturated carbocycles. The molecule has 2 rings (SSSR count). The van der Waals surface area contributed by atoms with Gasteiger partial charge in [0.05, 0.1) is 15.5 Å². The molecule has 0 saturated heterocycles. The highest BCUT2D eigenvalue weighted by molar-refractivity contribution is 9.10. The molecule has 26 heavy (non-hydrogen) atoms. The molecule has 0 aliphatic heterocycles. The summed E-state index contributed by atoms with van der Waals surface area (Å²) in [6, 6.07) is 7.36. The number of thiophene rings is 1. The quantitative estimate of drug-likeness (QED) is 0.397. The molecule has 2 N–H and O–H groups in total. The van der Waals surface area contributed by atoms with Gasteiger partial charge in [0.15, 0.2) is 0 Å². The number of carboxylic acids is 1. The minimum atomic E-state index is -1.09. The van der Waals surface area contributed by atoms with Crippen LogP contribution in [-0.2, 0) is 4.79 Å². The lowest BCUT2D eigenvalue weighted by Gasteiger charge is -2.07. The minimum Gasteiger partial charge on any atom is -0.478 e. The van der Waals surface area contributed by atoms with Crippen molar-refractivity contribution >= 4 is 56.6 Å². The molecule has 1 heterocycles. The molecule has 0 atom stereocenters. The molecule has 0 unspecified atom stereocenters. The van der Waals surface area contributed by atoms with E-state index in [2.05, 4.69) is 41.0 Å². The normalized spacial score (nSPS) is 9.08. The second-order valence-electron chi connectivity index (χ2n) is 4.22. The second-order valence-corrected chi connectivity index (χ2v) is 6.85. The van der Waals surface area contributed by atoms with Gasteiger partial charge in [-0.3, -0.25) is 4.79 Å². The number of hydrogen-bond acceptors (Lipinski definition) is 4. The van der Waals surface area contributed by atoms with Crippen molar-refractivity contribution in [3.05, 3.63) is 64.3 Å². The SMILES string of the molecule is C=C.C=C(SC)C(=O)Nc1csc(-c2ccccc2Br)c1C(=O)O.CC. The van der Waals surface area contributed by atoms with Gasteiger partial charge >= 0.3 is 5.97 Å². The Hall–Kier alpha value is -1.83. The van der Waals surface area contributed by atoms with Gasteiger partial charge in [-0.05, 0) is 12.3 Å². The fourth-order valence-corrected chi connectivity index (χ4v) is 3.67. The van der Waals surface area contributed by atoms with Gasteiger partial charge in [0.25, 0.3) is 5.91 Å². The van der Waals surface area contributed by atoms with E-state index in [9.17, 15) is 14.7 Å². The zero-order chi connectivity index (χ0) is 20.3. The number of aromatic carboxylic acids is 1.